The molecule has 1 aliphatic rings. The second kappa shape index (κ2) is 7.26. The lowest BCUT2D eigenvalue weighted by atomic mass is 10.2. The molecule has 0 radical (unpaired) electrons. The van der Waals surface area contributed by atoms with Gasteiger partial charge in [-0.3, -0.25) is 0 Å². The summed E-state index contributed by atoms with van der Waals surface area (Å²) < 4.78 is 30.0. The van der Waals surface area contributed by atoms with E-state index in [4.69, 9.17) is 0 Å². The summed E-state index contributed by atoms with van der Waals surface area (Å²) in [6.45, 7) is 2.44. The normalized spacial score (nSPS) is 16.5. The SMILES string of the molecule is CN1CCN(S(=O)(=O)c2cn(-c3ccccc3)nc2-c2ccccc2)CC1. The molecule has 1 saturated heterocycles. The van der Waals surface area contributed by atoms with E-state index in [-0.39, 0.29) is 4.90 Å². The highest BCUT2D eigenvalue weighted by Crippen LogP contribution is 2.29. The molecule has 27 heavy (non-hydrogen) atoms. The molecule has 1 fully saturated rings. The largest absolute Gasteiger partial charge is 0.304 e. The Labute approximate surface area is 159 Å². The molecule has 6 nitrogen and oxygen atoms in total. The van der Waals surface area contributed by atoms with Crippen molar-refractivity contribution in [1.29, 1.82) is 0 Å². The van der Waals surface area contributed by atoms with Crippen LogP contribution in [0, 0.1) is 0 Å². The number of nitrogens with zero attached hydrogens (tertiary/aromatic N) is 4. The molecule has 0 N–H and O–H groups in total. The molecule has 140 valence electrons. The third kappa shape index (κ3) is 3.53. The molecule has 0 unspecified atom stereocenters. The average Bonchev–Trinajstić information content (AvgIpc) is 3.16. The number of rotatable bonds is 4. The van der Waals surface area contributed by atoms with Gasteiger partial charge < -0.3 is 4.90 Å². The van der Waals surface area contributed by atoms with Gasteiger partial charge in [-0.15, -0.1) is 0 Å². The highest BCUT2D eigenvalue weighted by Gasteiger charge is 2.32. The summed E-state index contributed by atoms with van der Waals surface area (Å²) in [6.07, 6.45) is 1.63. The van der Waals surface area contributed by atoms with E-state index in [0.717, 1.165) is 24.3 Å². The van der Waals surface area contributed by atoms with Gasteiger partial charge in [-0.1, -0.05) is 48.5 Å². The molecule has 3 aromatic rings. The molecule has 1 aromatic heterocycles. The molecule has 0 spiro atoms. The van der Waals surface area contributed by atoms with Crippen molar-refractivity contribution in [2.24, 2.45) is 0 Å². The zero-order valence-corrected chi connectivity index (χ0v) is 16.0. The van der Waals surface area contributed by atoms with Gasteiger partial charge in [0.05, 0.1) is 11.9 Å². The van der Waals surface area contributed by atoms with Crippen LogP contribution in [0.25, 0.3) is 16.9 Å². The van der Waals surface area contributed by atoms with Crippen LogP contribution < -0.4 is 0 Å². The molecule has 0 atom stereocenters. The Morgan fingerprint density at radius 2 is 1.44 bits per heavy atom. The van der Waals surface area contributed by atoms with E-state index in [9.17, 15) is 8.42 Å². The number of hydrogen-bond acceptors (Lipinski definition) is 4. The topological polar surface area (TPSA) is 58.4 Å². The van der Waals surface area contributed by atoms with Crippen molar-refractivity contribution in [3.8, 4) is 16.9 Å². The molecule has 0 saturated carbocycles. The second-order valence-electron chi connectivity index (χ2n) is 6.70. The number of hydrogen-bond donors (Lipinski definition) is 0. The number of benzene rings is 2. The molecule has 1 aliphatic heterocycles. The summed E-state index contributed by atoms with van der Waals surface area (Å²) in [5, 5.41) is 4.63. The first-order valence-corrected chi connectivity index (χ1v) is 10.4. The maximum atomic E-state index is 13.4. The second-order valence-corrected chi connectivity index (χ2v) is 8.60. The highest BCUT2D eigenvalue weighted by atomic mass is 32.2. The smallest absolute Gasteiger partial charge is 0.246 e. The van der Waals surface area contributed by atoms with Gasteiger partial charge in [0.1, 0.15) is 10.6 Å². The summed E-state index contributed by atoms with van der Waals surface area (Å²) in [5.74, 6) is 0. The van der Waals surface area contributed by atoms with Gasteiger partial charge in [0.15, 0.2) is 0 Å². The summed E-state index contributed by atoms with van der Waals surface area (Å²) in [4.78, 5) is 2.39. The van der Waals surface area contributed by atoms with E-state index >= 15 is 0 Å². The Morgan fingerprint density at radius 1 is 0.852 bits per heavy atom. The van der Waals surface area contributed by atoms with Crippen LogP contribution in [0.4, 0.5) is 0 Å². The van der Waals surface area contributed by atoms with E-state index < -0.39 is 10.0 Å². The van der Waals surface area contributed by atoms with Gasteiger partial charge in [-0.25, -0.2) is 13.1 Å². The number of para-hydroxylation sites is 1. The third-order valence-electron chi connectivity index (χ3n) is 4.83. The van der Waals surface area contributed by atoms with E-state index in [0.29, 0.717) is 18.8 Å². The number of sulfonamides is 1. The van der Waals surface area contributed by atoms with Gasteiger partial charge >= 0.3 is 0 Å². The fourth-order valence-corrected chi connectivity index (χ4v) is 4.78. The summed E-state index contributed by atoms with van der Waals surface area (Å²) in [5.41, 5.74) is 2.10. The van der Waals surface area contributed by atoms with Crippen LogP contribution in [0.15, 0.2) is 71.8 Å². The van der Waals surface area contributed by atoms with Crippen molar-refractivity contribution in [3.63, 3.8) is 0 Å². The standard InChI is InChI=1S/C20H22N4O2S/c1-22-12-14-23(15-13-22)27(25,26)19-16-24(18-10-6-3-7-11-18)21-20(19)17-8-4-2-5-9-17/h2-11,16H,12-15H2,1H3. The average molecular weight is 382 g/mol. The molecular formula is C20H22N4O2S. The van der Waals surface area contributed by atoms with E-state index in [2.05, 4.69) is 10.00 Å². The van der Waals surface area contributed by atoms with E-state index in [1.54, 1.807) is 15.2 Å². The summed E-state index contributed by atoms with van der Waals surface area (Å²) >= 11 is 0. The Balaban J connectivity index is 1.82. The van der Waals surface area contributed by atoms with Crippen LogP contribution >= 0.6 is 0 Å². The zero-order valence-electron chi connectivity index (χ0n) is 15.2. The van der Waals surface area contributed by atoms with Crippen molar-refractivity contribution in [1.82, 2.24) is 19.0 Å². The van der Waals surface area contributed by atoms with Gasteiger partial charge in [0, 0.05) is 31.7 Å². The monoisotopic (exact) mass is 382 g/mol. The van der Waals surface area contributed by atoms with Gasteiger partial charge in [-0.05, 0) is 19.2 Å². The maximum Gasteiger partial charge on any atom is 0.246 e. The van der Waals surface area contributed by atoms with Crippen LogP contribution in [0.2, 0.25) is 0 Å². The Bertz CT molecular complexity index is 1010. The van der Waals surface area contributed by atoms with Gasteiger partial charge in [0.2, 0.25) is 10.0 Å². The van der Waals surface area contributed by atoms with Gasteiger partial charge in [-0.2, -0.15) is 9.40 Å². The quantitative estimate of drug-likeness (QED) is 0.696. The highest BCUT2D eigenvalue weighted by molar-refractivity contribution is 7.89. The van der Waals surface area contributed by atoms with Crippen molar-refractivity contribution >= 4 is 10.0 Å². The molecule has 4 rings (SSSR count). The fraction of sp³-hybridized carbons (Fsp3) is 0.250. The minimum Gasteiger partial charge on any atom is -0.304 e. The molecule has 0 aliphatic carbocycles. The third-order valence-corrected chi connectivity index (χ3v) is 6.73. The summed E-state index contributed by atoms with van der Waals surface area (Å²) in [6, 6.07) is 19.0. The first-order chi connectivity index (χ1) is 13.1. The molecule has 0 bridgehead atoms. The van der Waals surface area contributed by atoms with E-state index in [1.165, 1.54) is 0 Å². The minimum absolute atomic E-state index is 0.252. The van der Waals surface area contributed by atoms with Crippen LogP contribution in [0.3, 0.4) is 0 Å². The van der Waals surface area contributed by atoms with Crippen molar-refractivity contribution in [3.05, 3.63) is 66.9 Å². The van der Waals surface area contributed by atoms with Crippen LogP contribution in [-0.4, -0.2) is 60.6 Å². The van der Waals surface area contributed by atoms with Crippen LogP contribution in [0.1, 0.15) is 0 Å². The Kier molecular flexibility index (Phi) is 4.82. The summed E-state index contributed by atoms with van der Waals surface area (Å²) in [7, 11) is -1.62. The van der Waals surface area contributed by atoms with Crippen molar-refractivity contribution < 1.29 is 8.42 Å². The number of piperazine rings is 1. The lowest BCUT2D eigenvalue weighted by Gasteiger charge is -2.31. The number of likely N-dealkylation sites (N-methyl/N-ethyl adjacent to an activating group) is 1. The first kappa shape index (κ1) is 17.9. The van der Waals surface area contributed by atoms with Crippen LogP contribution in [-0.2, 0) is 10.0 Å². The first-order valence-electron chi connectivity index (χ1n) is 8.95. The van der Waals surface area contributed by atoms with Crippen molar-refractivity contribution in [2.75, 3.05) is 33.2 Å². The Morgan fingerprint density at radius 3 is 2.07 bits per heavy atom. The lowest BCUT2D eigenvalue weighted by molar-refractivity contribution is 0.222. The van der Waals surface area contributed by atoms with Crippen LogP contribution in [0.5, 0.6) is 0 Å². The zero-order chi connectivity index (χ0) is 18.9. The lowest BCUT2D eigenvalue weighted by Crippen LogP contribution is -2.47. The Hall–Kier alpha value is -2.48. The maximum absolute atomic E-state index is 13.4. The van der Waals surface area contributed by atoms with E-state index in [1.807, 2.05) is 67.7 Å². The van der Waals surface area contributed by atoms with Crippen molar-refractivity contribution in [2.45, 2.75) is 4.90 Å². The molecule has 2 heterocycles. The van der Waals surface area contributed by atoms with Gasteiger partial charge in [0.25, 0.3) is 0 Å². The number of aromatic nitrogens is 2. The predicted octanol–water partition coefficient (Wildman–Crippen LogP) is 2.48. The minimum atomic E-state index is -3.63. The molecule has 0 amide bonds. The molecule has 2 aromatic carbocycles. The fourth-order valence-electron chi connectivity index (χ4n) is 3.22. The molecular weight excluding hydrogens is 360 g/mol. The molecule has 7 heteroatoms. The predicted molar refractivity (Wildman–Crippen MR) is 105 cm³/mol.